The maximum absolute atomic E-state index is 13.1. The van der Waals surface area contributed by atoms with Gasteiger partial charge in [-0.15, -0.1) is 0 Å². The highest BCUT2D eigenvalue weighted by Crippen LogP contribution is 2.28. The summed E-state index contributed by atoms with van der Waals surface area (Å²) in [6.45, 7) is 3.64. The molecule has 1 heterocycles. The lowest BCUT2D eigenvalue weighted by molar-refractivity contribution is 0.0385. The fourth-order valence-electron chi connectivity index (χ4n) is 2.85. The van der Waals surface area contributed by atoms with Crippen molar-refractivity contribution in [3.63, 3.8) is 0 Å². The first kappa shape index (κ1) is 14.4. The lowest BCUT2D eigenvalue weighted by atomic mass is 9.94. The van der Waals surface area contributed by atoms with Crippen LogP contribution in [0.15, 0.2) is 24.3 Å². The van der Waals surface area contributed by atoms with Crippen LogP contribution in [0.25, 0.3) is 0 Å². The van der Waals surface area contributed by atoms with Gasteiger partial charge >= 0.3 is 0 Å². The van der Waals surface area contributed by atoms with E-state index in [4.69, 9.17) is 5.73 Å². The summed E-state index contributed by atoms with van der Waals surface area (Å²) in [5, 5.41) is 9.83. The second-order valence-electron chi connectivity index (χ2n) is 5.36. The molecule has 0 radical (unpaired) electrons. The van der Waals surface area contributed by atoms with Gasteiger partial charge in [0.15, 0.2) is 0 Å². The van der Waals surface area contributed by atoms with Gasteiger partial charge in [0.25, 0.3) is 0 Å². The van der Waals surface area contributed by atoms with E-state index in [1.165, 1.54) is 12.1 Å². The van der Waals surface area contributed by atoms with E-state index in [2.05, 4.69) is 11.8 Å². The van der Waals surface area contributed by atoms with E-state index in [9.17, 15) is 9.50 Å². The summed E-state index contributed by atoms with van der Waals surface area (Å²) in [5.74, 6) is -0.230. The zero-order valence-electron chi connectivity index (χ0n) is 11.4. The van der Waals surface area contributed by atoms with E-state index in [-0.39, 0.29) is 24.0 Å². The molecule has 1 aliphatic rings. The molecule has 0 bridgehead atoms. The van der Waals surface area contributed by atoms with Gasteiger partial charge in [0.1, 0.15) is 5.82 Å². The van der Waals surface area contributed by atoms with Crippen LogP contribution in [0.1, 0.15) is 37.8 Å². The zero-order chi connectivity index (χ0) is 13.8. The molecule has 19 heavy (non-hydrogen) atoms. The number of hydrogen-bond donors (Lipinski definition) is 2. The normalized spacial score (nSPS) is 24.1. The van der Waals surface area contributed by atoms with Gasteiger partial charge in [-0.2, -0.15) is 0 Å². The Labute approximate surface area is 114 Å². The fraction of sp³-hybridized carbons (Fsp3) is 0.600. The predicted octanol–water partition coefficient (Wildman–Crippen LogP) is 2.06. The van der Waals surface area contributed by atoms with E-state index in [1.807, 2.05) is 0 Å². The van der Waals surface area contributed by atoms with Crippen molar-refractivity contribution in [2.45, 2.75) is 44.4 Å². The molecule has 106 valence electrons. The van der Waals surface area contributed by atoms with Gasteiger partial charge < -0.3 is 10.8 Å². The summed E-state index contributed by atoms with van der Waals surface area (Å²) in [4.78, 5) is 2.23. The quantitative estimate of drug-likeness (QED) is 0.877. The van der Waals surface area contributed by atoms with Crippen molar-refractivity contribution in [3.05, 3.63) is 35.6 Å². The highest BCUT2D eigenvalue weighted by atomic mass is 19.1. The smallest absolute Gasteiger partial charge is 0.123 e. The van der Waals surface area contributed by atoms with Crippen molar-refractivity contribution in [1.82, 2.24) is 4.90 Å². The maximum atomic E-state index is 13.1. The number of nitrogens with two attached hydrogens (primary N) is 1. The molecule has 1 aromatic carbocycles. The minimum atomic E-state index is -0.277. The molecule has 0 spiro atoms. The molecule has 1 saturated heterocycles. The number of hydrogen-bond acceptors (Lipinski definition) is 3. The largest absolute Gasteiger partial charge is 0.392 e. The fourth-order valence-corrected chi connectivity index (χ4v) is 2.85. The van der Waals surface area contributed by atoms with Crippen molar-refractivity contribution < 1.29 is 9.50 Å². The first-order valence-corrected chi connectivity index (χ1v) is 7.05. The van der Waals surface area contributed by atoms with E-state index < -0.39 is 0 Å². The summed E-state index contributed by atoms with van der Waals surface area (Å²) in [7, 11) is 0. The third-order valence-electron chi connectivity index (χ3n) is 3.91. The topological polar surface area (TPSA) is 49.5 Å². The van der Waals surface area contributed by atoms with Gasteiger partial charge in [-0.1, -0.05) is 19.1 Å². The Bertz CT molecular complexity index is 396. The van der Waals surface area contributed by atoms with Crippen molar-refractivity contribution in [2.24, 2.45) is 5.73 Å². The summed E-state index contributed by atoms with van der Waals surface area (Å²) in [6, 6.07) is 6.61. The lowest BCUT2D eigenvalue weighted by Gasteiger charge is -2.39. The average Bonchev–Trinajstić information content (AvgIpc) is 2.41. The molecule has 0 aromatic heterocycles. The van der Waals surface area contributed by atoms with Gasteiger partial charge in [0.2, 0.25) is 0 Å². The predicted molar refractivity (Wildman–Crippen MR) is 74.2 cm³/mol. The van der Waals surface area contributed by atoms with Crippen LogP contribution in [-0.2, 0) is 0 Å². The number of halogens is 1. The number of nitrogens with zero attached hydrogens (tertiary/aromatic N) is 1. The van der Waals surface area contributed by atoms with Crippen LogP contribution >= 0.6 is 0 Å². The summed E-state index contributed by atoms with van der Waals surface area (Å²) < 4.78 is 13.1. The Balaban J connectivity index is 2.22. The molecule has 2 rings (SSSR count). The van der Waals surface area contributed by atoms with Gasteiger partial charge in [0, 0.05) is 18.6 Å². The van der Waals surface area contributed by atoms with Crippen molar-refractivity contribution in [1.29, 1.82) is 0 Å². The Hall–Kier alpha value is -0.970. The molecule has 3 unspecified atom stereocenters. The second-order valence-corrected chi connectivity index (χ2v) is 5.36. The molecular formula is C15H23FN2O. The highest BCUT2D eigenvalue weighted by Gasteiger charge is 2.29. The molecule has 1 fully saturated rings. The lowest BCUT2D eigenvalue weighted by Crippen LogP contribution is -2.47. The number of benzene rings is 1. The molecule has 4 heteroatoms. The van der Waals surface area contributed by atoms with Crippen molar-refractivity contribution in [3.8, 4) is 0 Å². The Morgan fingerprint density at radius 1 is 1.42 bits per heavy atom. The zero-order valence-corrected chi connectivity index (χ0v) is 11.4. The Morgan fingerprint density at radius 3 is 2.68 bits per heavy atom. The molecule has 3 N–H and O–H groups in total. The average molecular weight is 266 g/mol. The SMILES string of the molecule is CCC(N)C(c1ccc(F)cc1)N1CCCC(O)C1. The minimum Gasteiger partial charge on any atom is -0.392 e. The van der Waals surface area contributed by atoms with Crippen molar-refractivity contribution in [2.75, 3.05) is 13.1 Å². The standard InChI is InChI=1S/C15H23FN2O/c1-2-14(17)15(11-5-7-12(16)8-6-11)18-9-3-4-13(19)10-18/h5-8,13-15,19H,2-4,9-10,17H2,1H3. The van der Waals surface area contributed by atoms with Crippen LogP contribution in [0.5, 0.6) is 0 Å². The van der Waals surface area contributed by atoms with Crippen LogP contribution in [-0.4, -0.2) is 35.2 Å². The van der Waals surface area contributed by atoms with Gasteiger partial charge in [-0.05, 0) is 43.5 Å². The van der Waals surface area contributed by atoms with Crippen LogP contribution in [0.4, 0.5) is 4.39 Å². The molecule has 0 aliphatic carbocycles. The highest BCUT2D eigenvalue weighted by molar-refractivity contribution is 5.22. The number of likely N-dealkylation sites (tertiary alicyclic amines) is 1. The van der Waals surface area contributed by atoms with Gasteiger partial charge in [-0.25, -0.2) is 4.39 Å². The second kappa shape index (κ2) is 6.46. The molecule has 1 aliphatic heterocycles. The van der Waals surface area contributed by atoms with E-state index in [0.29, 0.717) is 6.54 Å². The summed E-state index contributed by atoms with van der Waals surface area (Å²) >= 11 is 0. The number of aliphatic hydroxyl groups excluding tert-OH is 1. The summed E-state index contributed by atoms with van der Waals surface area (Å²) in [6.07, 6.45) is 2.42. The van der Waals surface area contributed by atoms with Crippen LogP contribution < -0.4 is 5.73 Å². The Kier molecular flexibility index (Phi) is 4.91. The van der Waals surface area contributed by atoms with E-state index >= 15 is 0 Å². The maximum Gasteiger partial charge on any atom is 0.123 e. The van der Waals surface area contributed by atoms with Gasteiger partial charge in [0.05, 0.1) is 6.10 Å². The van der Waals surface area contributed by atoms with E-state index in [0.717, 1.165) is 31.4 Å². The first-order valence-electron chi connectivity index (χ1n) is 7.05. The van der Waals surface area contributed by atoms with Crippen molar-refractivity contribution >= 4 is 0 Å². The minimum absolute atomic E-state index is 0.00392. The van der Waals surface area contributed by atoms with Crippen LogP contribution in [0, 0.1) is 5.82 Å². The molecule has 0 amide bonds. The molecule has 3 atom stereocenters. The van der Waals surface area contributed by atoms with Crippen LogP contribution in [0.2, 0.25) is 0 Å². The molecular weight excluding hydrogens is 243 g/mol. The Morgan fingerprint density at radius 2 is 2.11 bits per heavy atom. The number of aliphatic hydroxyl groups is 1. The van der Waals surface area contributed by atoms with E-state index in [1.54, 1.807) is 12.1 Å². The monoisotopic (exact) mass is 266 g/mol. The summed E-state index contributed by atoms with van der Waals surface area (Å²) in [5.41, 5.74) is 7.28. The third-order valence-corrected chi connectivity index (χ3v) is 3.91. The number of β-amino-alcohol motifs (C(OH)–C–C–N with tert-alkyl or cyclic N) is 1. The number of piperidine rings is 1. The number of rotatable bonds is 4. The van der Waals surface area contributed by atoms with Crippen LogP contribution in [0.3, 0.4) is 0 Å². The molecule has 0 saturated carbocycles. The van der Waals surface area contributed by atoms with Gasteiger partial charge in [-0.3, -0.25) is 4.90 Å². The molecule has 3 nitrogen and oxygen atoms in total. The third kappa shape index (κ3) is 3.53. The molecule has 1 aromatic rings. The first-order chi connectivity index (χ1) is 9.11.